The predicted octanol–water partition coefficient (Wildman–Crippen LogP) is 1.06. The summed E-state index contributed by atoms with van der Waals surface area (Å²) in [5.74, 6) is -1.23. The summed E-state index contributed by atoms with van der Waals surface area (Å²) in [5, 5.41) is 19.9. The number of aliphatic carboxylic acids is 1. The number of nitrogens with zero attached hydrogens (tertiary/aromatic N) is 2. The molecular weight excluding hydrogens is 308 g/mol. The van der Waals surface area contributed by atoms with Crippen LogP contribution in [0.15, 0.2) is 18.2 Å². The van der Waals surface area contributed by atoms with E-state index in [0.717, 1.165) is 0 Å². The molecule has 1 aliphatic rings. The Bertz CT molecular complexity index is 632. The number of nitro benzene ring substituents is 1. The minimum Gasteiger partial charge on any atom is -0.490 e. The summed E-state index contributed by atoms with van der Waals surface area (Å²) in [6.07, 6.45) is 1.06. The molecule has 1 N–H and O–H groups in total. The van der Waals surface area contributed by atoms with Crippen LogP contribution < -0.4 is 9.47 Å². The van der Waals surface area contributed by atoms with Gasteiger partial charge in [0.25, 0.3) is 5.91 Å². The van der Waals surface area contributed by atoms with Gasteiger partial charge in [0.2, 0.25) is 5.75 Å². The van der Waals surface area contributed by atoms with Crippen LogP contribution in [0.2, 0.25) is 0 Å². The lowest BCUT2D eigenvalue weighted by Crippen LogP contribution is -2.42. The molecule has 23 heavy (non-hydrogen) atoms. The van der Waals surface area contributed by atoms with Crippen molar-refractivity contribution >= 4 is 17.6 Å². The maximum absolute atomic E-state index is 12.1. The third kappa shape index (κ3) is 3.68. The highest BCUT2D eigenvalue weighted by atomic mass is 16.6. The number of hydrogen-bond acceptors (Lipinski definition) is 6. The molecule has 9 nitrogen and oxygen atoms in total. The molecule has 0 bridgehead atoms. The second-order valence-electron chi connectivity index (χ2n) is 4.96. The van der Waals surface area contributed by atoms with Gasteiger partial charge >= 0.3 is 11.7 Å². The van der Waals surface area contributed by atoms with E-state index in [1.807, 2.05) is 0 Å². The Morgan fingerprint density at radius 1 is 1.48 bits per heavy atom. The molecule has 0 aromatic heterocycles. The molecule has 1 fully saturated rings. The standard InChI is InChI=1S/C14H16N2O7/c1-22-12-7-9(4-5-10(12)16(20)21)23-8-13(17)15-6-2-3-11(15)14(18)19/h4-5,7,11H,2-3,6,8H2,1H3,(H,18,19)/t11-/m0/s1. The molecule has 124 valence electrons. The van der Waals surface area contributed by atoms with Crippen LogP contribution in [-0.4, -0.2) is 53.1 Å². The Kier molecular flexibility index (Phi) is 4.99. The monoisotopic (exact) mass is 324 g/mol. The maximum atomic E-state index is 12.1. The van der Waals surface area contributed by atoms with Crippen LogP contribution in [0.4, 0.5) is 5.69 Å². The van der Waals surface area contributed by atoms with Crippen molar-refractivity contribution in [3.63, 3.8) is 0 Å². The van der Waals surface area contributed by atoms with Gasteiger partial charge in [0.05, 0.1) is 12.0 Å². The van der Waals surface area contributed by atoms with Crippen molar-refractivity contribution in [1.82, 2.24) is 4.90 Å². The Morgan fingerprint density at radius 2 is 2.22 bits per heavy atom. The third-order valence-electron chi connectivity index (χ3n) is 3.57. The summed E-state index contributed by atoms with van der Waals surface area (Å²) in [6, 6.07) is 3.06. The highest BCUT2D eigenvalue weighted by molar-refractivity contribution is 5.85. The number of nitro groups is 1. The van der Waals surface area contributed by atoms with E-state index in [1.165, 1.54) is 30.2 Å². The van der Waals surface area contributed by atoms with Gasteiger partial charge in [-0.2, -0.15) is 0 Å². The SMILES string of the molecule is COc1cc(OCC(=O)N2CCC[C@H]2C(=O)O)ccc1[N+](=O)[O-]. The van der Waals surface area contributed by atoms with Crippen LogP contribution in [-0.2, 0) is 9.59 Å². The molecule has 1 aromatic carbocycles. The predicted molar refractivity (Wildman–Crippen MR) is 77.5 cm³/mol. The van der Waals surface area contributed by atoms with Gasteiger partial charge in [0, 0.05) is 18.7 Å². The molecule has 0 saturated carbocycles. The molecule has 1 saturated heterocycles. The van der Waals surface area contributed by atoms with Crippen LogP contribution >= 0.6 is 0 Å². The molecule has 0 spiro atoms. The van der Waals surface area contributed by atoms with Crippen molar-refractivity contribution < 1.29 is 29.1 Å². The topological polar surface area (TPSA) is 119 Å². The molecule has 0 aliphatic carbocycles. The normalized spacial score (nSPS) is 16.9. The van der Waals surface area contributed by atoms with Gasteiger partial charge in [0.1, 0.15) is 11.8 Å². The largest absolute Gasteiger partial charge is 0.490 e. The number of carbonyl (C=O) groups is 2. The lowest BCUT2D eigenvalue weighted by Gasteiger charge is -2.21. The number of carbonyl (C=O) groups excluding carboxylic acids is 1. The van der Waals surface area contributed by atoms with E-state index < -0.39 is 22.8 Å². The third-order valence-corrected chi connectivity index (χ3v) is 3.57. The molecule has 0 radical (unpaired) electrons. The molecule has 1 aliphatic heterocycles. The van der Waals surface area contributed by atoms with Crippen LogP contribution in [0.1, 0.15) is 12.8 Å². The molecule has 1 atom stereocenters. The number of rotatable bonds is 6. The van der Waals surface area contributed by atoms with E-state index in [2.05, 4.69) is 0 Å². The van der Waals surface area contributed by atoms with Crippen molar-refractivity contribution in [2.75, 3.05) is 20.3 Å². The van der Waals surface area contributed by atoms with E-state index in [1.54, 1.807) is 0 Å². The summed E-state index contributed by atoms with van der Waals surface area (Å²) in [6.45, 7) is 0.0352. The van der Waals surface area contributed by atoms with Crippen molar-refractivity contribution in [2.45, 2.75) is 18.9 Å². The summed E-state index contributed by atoms with van der Waals surface area (Å²) in [7, 11) is 1.29. The smallest absolute Gasteiger partial charge is 0.326 e. The Labute approximate surface area is 131 Å². The van der Waals surface area contributed by atoms with Crippen molar-refractivity contribution in [3.05, 3.63) is 28.3 Å². The molecular formula is C14H16N2O7. The van der Waals surface area contributed by atoms with E-state index in [0.29, 0.717) is 19.4 Å². The molecule has 0 unspecified atom stereocenters. The fourth-order valence-corrected chi connectivity index (χ4v) is 2.45. The van der Waals surface area contributed by atoms with Crippen LogP contribution in [0.25, 0.3) is 0 Å². The van der Waals surface area contributed by atoms with Gasteiger partial charge in [-0.25, -0.2) is 4.79 Å². The number of carboxylic acids is 1. The summed E-state index contributed by atoms with van der Waals surface area (Å²) in [4.78, 5) is 34.6. The second-order valence-corrected chi connectivity index (χ2v) is 4.96. The first kappa shape index (κ1) is 16.5. The first-order valence-electron chi connectivity index (χ1n) is 6.91. The number of hydrogen-bond donors (Lipinski definition) is 1. The zero-order chi connectivity index (χ0) is 17.0. The van der Waals surface area contributed by atoms with Crippen LogP contribution in [0.5, 0.6) is 11.5 Å². The fraction of sp³-hybridized carbons (Fsp3) is 0.429. The quantitative estimate of drug-likeness (QED) is 0.613. The first-order chi connectivity index (χ1) is 10.9. The molecule has 1 heterocycles. The number of likely N-dealkylation sites (tertiary alicyclic amines) is 1. The van der Waals surface area contributed by atoms with E-state index >= 15 is 0 Å². The lowest BCUT2D eigenvalue weighted by atomic mass is 10.2. The molecule has 1 aromatic rings. The number of benzene rings is 1. The fourth-order valence-electron chi connectivity index (χ4n) is 2.45. The van der Waals surface area contributed by atoms with Crippen molar-refractivity contribution in [3.8, 4) is 11.5 Å². The molecule has 9 heteroatoms. The molecule has 1 amide bonds. The number of amides is 1. The van der Waals surface area contributed by atoms with Gasteiger partial charge in [-0.1, -0.05) is 0 Å². The second kappa shape index (κ2) is 6.95. The van der Waals surface area contributed by atoms with E-state index in [9.17, 15) is 19.7 Å². The van der Waals surface area contributed by atoms with E-state index in [-0.39, 0.29) is 23.8 Å². The zero-order valence-corrected chi connectivity index (χ0v) is 12.4. The molecule has 2 rings (SSSR count). The Morgan fingerprint density at radius 3 is 2.83 bits per heavy atom. The van der Waals surface area contributed by atoms with Gasteiger partial charge in [0.15, 0.2) is 6.61 Å². The summed E-state index contributed by atoms with van der Waals surface area (Å²) in [5.41, 5.74) is -0.211. The Balaban J connectivity index is 2.02. The van der Waals surface area contributed by atoms with E-state index in [4.69, 9.17) is 14.6 Å². The number of methoxy groups -OCH3 is 1. The summed E-state index contributed by atoms with van der Waals surface area (Å²) < 4.78 is 10.2. The average molecular weight is 324 g/mol. The van der Waals surface area contributed by atoms with Crippen LogP contribution in [0.3, 0.4) is 0 Å². The highest BCUT2D eigenvalue weighted by Gasteiger charge is 2.34. The number of carboxylic acid groups (broad SMARTS) is 1. The minimum atomic E-state index is -1.03. The van der Waals surface area contributed by atoms with Gasteiger partial charge in [-0.15, -0.1) is 0 Å². The first-order valence-corrected chi connectivity index (χ1v) is 6.91. The van der Waals surface area contributed by atoms with Gasteiger partial charge < -0.3 is 19.5 Å². The van der Waals surface area contributed by atoms with Crippen molar-refractivity contribution in [1.29, 1.82) is 0 Å². The maximum Gasteiger partial charge on any atom is 0.326 e. The van der Waals surface area contributed by atoms with Crippen molar-refractivity contribution in [2.24, 2.45) is 0 Å². The average Bonchev–Trinajstić information content (AvgIpc) is 3.02. The number of ether oxygens (including phenoxy) is 2. The lowest BCUT2D eigenvalue weighted by molar-refractivity contribution is -0.385. The minimum absolute atomic E-state index is 0.0181. The summed E-state index contributed by atoms with van der Waals surface area (Å²) >= 11 is 0. The Hall–Kier alpha value is -2.84. The highest BCUT2D eigenvalue weighted by Crippen LogP contribution is 2.30. The zero-order valence-electron chi connectivity index (χ0n) is 12.4. The van der Waals surface area contributed by atoms with Gasteiger partial charge in [-0.3, -0.25) is 14.9 Å². The van der Waals surface area contributed by atoms with Gasteiger partial charge in [-0.05, 0) is 18.9 Å². The van der Waals surface area contributed by atoms with Crippen LogP contribution in [0, 0.1) is 10.1 Å².